The highest BCUT2D eigenvalue weighted by Gasteiger charge is 2.34. The molecule has 1 aliphatic carbocycles. The SMILES string of the molecule is CC(=O)O[C@H]1Cc2ccccc2[C@H]1N=C=S. The van der Waals surface area contributed by atoms with Gasteiger partial charge in [-0.3, -0.25) is 4.79 Å². The van der Waals surface area contributed by atoms with Gasteiger partial charge in [0.1, 0.15) is 12.1 Å². The second kappa shape index (κ2) is 4.56. The van der Waals surface area contributed by atoms with Gasteiger partial charge in [0.2, 0.25) is 0 Å². The first-order valence-corrected chi connectivity index (χ1v) is 5.45. The predicted molar refractivity (Wildman–Crippen MR) is 63.5 cm³/mol. The van der Waals surface area contributed by atoms with Gasteiger partial charge in [0.05, 0.1) is 5.16 Å². The molecule has 1 aromatic rings. The van der Waals surface area contributed by atoms with E-state index < -0.39 is 0 Å². The molecule has 2 rings (SSSR count). The summed E-state index contributed by atoms with van der Waals surface area (Å²) in [7, 11) is 0. The van der Waals surface area contributed by atoms with Crippen LogP contribution in [0, 0.1) is 0 Å². The molecule has 16 heavy (non-hydrogen) atoms. The van der Waals surface area contributed by atoms with E-state index in [1.807, 2.05) is 24.3 Å². The predicted octanol–water partition coefficient (Wildman–Crippen LogP) is 2.32. The minimum absolute atomic E-state index is 0.197. The van der Waals surface area contributed by atoms with E-state index in [1.165, 1.54) is 6.92 Å². The molecule has 0 aromatic heterocycles. The normalized spacial score (nSPS) is 22.1. The van der Waals surface area contributed by atoms with Gasteiger partial charge in [0, 0.05) is 13.3 Å². The first-order chi connectivity index (χ1) is 7.72. The van der Waals surface area contributed by atoms with Crippen LogP contribution in [0.3, 0.4) is 0 Å². The average molecular weight is 233 g/mol. The molecule has 0 bridgehead atoms. The van der Waals surface area contributed by atoms with Gasteiger partial charge in [0.25, 0.3) is 0 Å². The first kappa shape index (κ1) is 11.0. The summed E-state index contributed by atoms with van der Waals surface area (Å²) in [5, 5.41) is 2.37. The first-order valence-electron chi connectivity index (χ1n) is 5.04. The number of hydrogen-bond donors (Lipinski definition) is 0. The van der Waals surface area contributed by atoms with Crippen molar-refractivity contribution < 1.29 is 9.53 Å². The van der Waals surface area contributed by atoms with E-state index in [9.17, 15) is 4.79 Å². The molecular formula is C12H11NO2S. The molecule has 0 fully saturated rings. The van der Waals surface area contributed by atoms with E-state index in [1.54, 1.807) is 0 Å². The molecule has 0 heterocycles. The van der Waals surface area contributed by atoms with Crippen molar-refractivity contribution in [1.29, 1.82) is 0 Å². The topological polar surface area (TPSA) is 38.7 Å². The number of carbonyl (C=O) groups is 1. The molecule has 3 nitrogen and oxygen atoms in total. The quantitative estimate of drug-likeness (QED) is 0.447. The monoisotopic (exact) mass is 233 g/mol. The maximum Gasteiger partial charge on any atom is 0.303 e. The van der Waals surface area contributed by atoms with Gasteiger partial charge in [-0.05, 0) is 23.3 Å². The van der Waals surface area contributed by atoms with Crippen molar-refractivity contribution in [3.8, 4) is 0 Å². The summed E-state index contributed by atoms with van der Waals surface area (Å²) in [6, 6.07) is 7.72. The summed E-state index contributed by atoms with van der Waals surface area (Å²) in [6.07, 6.45) is 0.450. The summed E-state index contributed by atoms with van der Waals surface area (Å²) in [6.45, 7) is 1.40. The molecule has 0 saturated heterocycles. The summed E-state index contributed by atoms with van der Waals surface area (Å²) >= 11 is 4.63. The average Bonchev–Trinajstić information content (AvgIpc) is 2.57. The van der Waals surface area contributed by atoms with Gasteiger partial charge in [-0.25, -0.2) is 4.99 Å². The van der Waals surface area contributed by atoms with Crippen molar-refractivity contribution in [1.82, 2.24) is 0 Å². The third-order valence-corrected chi connectivity index (χ3v) is 2.76. The van der Waals surface area contributed by atoms with E-state index in [0.717, 1.165) is 11.1 Å². The van der Waals surface area contributed by atoms with Crippen molar-refractivity contribution in [2.45, 2.75) is 25.5 Å². The Hall–Kier alpha value is -1.51. The van der Waals surface area contributed by atoms with E-state index in [4.69, 9.17) is 4.74 Å². The Balaban J connectivity index is 2.33. The molecule has 1 aliphatic rings. The Morgan fingerprint density at radius 1 is 1.56 bits per heavy atom. The van der Waals surface area contributed by atoms with Gasteiger partial charge in [-0.1, -0.05) is 24.3 Å². The lowest BCUT2D eigenvalue weighted by atomic mass is 10.1. The van der Waals surface area contributed by atoms with E-state index >= 15 is 0 Å². The van der Waals surface area contributed by atoms with Crippen LogP contribution in [0.5, 0.6) is 0 Å². The fourth-order valence-corrected chi connectivity index (χ4v) is 2.18. The highest BCUT2D eigenvalue weighted by molar-refractivity contribution is 7.78. The lowest BCUT2D eigenvalue weighted by Crippen LogP contribution is -2.19. The maximum absolute atomic E-state index is 11.0. The zero-order valence-electron chi connectivity index (χ0n) is 8.84. The number of ether oxygens (including phenoxy) is 1. The van der Waals surface area contributed by atoms with Crippen LogP contribution in [0.15, 0.2) is 29.3 Å². The summed E-state index contributed by atoms with van der Waals surface area (Å²) < 4.78 is 5.24. The van der Waals surface area contributed by atoms with Crippen LogP contribution in [0.1, 0.15) is 24.1 Å². The van der Waals surface area contributed by atoms with Crippen molar-refractivity contribution in [2.75, 3.05) is 0 Å². The van der Waals surface area contributed by atoms with Crippen LogP contribution in [-0.2, 0) is 16.0 Å². The maximum atomic E-state index is 11.0. The van der Waals surface area contributed by atoms with Gasteiger partial charge in [0.15, 0.2) is 0 Å². The van der Waals surface area contributed by atoms with Crippen molar-refractivity contribution in [3.05, 3.63) is 35.4 Å². The van der Waals surface area contributed by atoms with Crippen LogP contribution in [-0.4, -0.2) is 17.2 Å². The fourth-order valence-electron chi connectivity index (χ4n) is 2.07. The molecule has 0 spiro atoms. The molecule has 0 amide bonds. The highest BCUT2D eigenvalue weighted by atomic mass is 32.1. The van der Waals surface area contributed by atoms with E-state index in [0.29, 0.717) is 6.42 Å². The number of fused-ring (bicyclic) bond motifs is 1. The number of isothiocyanates is 1. The minimum Gasteiger partial charge on any atom is -0.460 e. The van der Waals surface area contributed by atoms with Crippen LogP contribution in [0.25, 0.3) is 0 Å². The summed E-state index contributed by atoms with van der Waals surface area (Å²) in [5.74, 6) is -0.289. The highest BCUT2D eigenvalue weighted by Crippen LogP contribution is 2.35. The second-order valence-electron chi connectivity index (χ2n) is 3.72. The Kier molecular flexibility index (Phi) is 3.13. The molecule has 0 unspecified atom stereocenters. The number of esters is 1. The third-order valence-electron chi connectivity index (χ3n) is 2.66. The number of aliphatic imine (C=N–C) groups is 1. The minimum atomic E-state index is -0.289. The number of nitrogens with zero attached hydrogens (tertiary/aromatic N) is 1. The standard InChI is InChI=1S/C12H11NO2S/c1-8(14)15-11-6-9-4-2-3-5-10(9)12(11)13-7-16/h2-5,11-12H,6H2,1H3/t11-,12+/m0/s1. The molecule has 0 aliphatic heterocycles. The molecule has 0 saturated carbocycles. The van der Waals surface area contributed by atoms with Crippen LogP contribution in [0.2, 0.25) is 0 Å². The van der Waals surface area contributed by atoms with Gasteiger partial charge in [-0.15, -0.1) is 0 Å². The Morgan fingerprint density at radius 2 is 2.31 bits per heavy atom. The molecular weight excluding hydrogens is 222 g/mol. The zero-order valence-corrected chi connectivity index (χ0v) is 9.66. The smallest absolute Gasteiger partial charge is 0.303 e. The molecule has 0 radical (unpaired) electrons. The second-order valence-corrected chi connectivity index (χ2v) is 3.90. The largest absolute Gasteiger partial charge is 0.460 e. The number of rotatable bonds is 2. The molecule has 1 aromatic carbocycles. The Bertz CT molecular complexity index is 466. The Labute approximate surface area is 99.1 Å². The van der Waals surface area contributed by atoms with Crippen LogP contribution in [0.4, 0.5) is 0 Å². The van der Waals surface area contributed by atoms with Crippen molar-refractivity contribution in [3.63, 3.8) is 0 Å². The third kappa shape index (κ3) is 2.03. The zero-order chi connectivity index (χ0) is 11.5. The van der Waals surface area contributed by atoms with Gasteiger partial charge < -0.3 is 4.74 Å². The van der Waals surface area contributed by atoms with Crippen LogP contribution >= 0.6 is 12.2 Å². The number of thiocarbonyl (C=S) groups is 1. The summed E-state index contributed by atoms with van der Waals surface area (Å²) in [5.41, 5.74) is 2.24. The van der Waals surface area contributed by atoms with Crippen LogP contribution < -0.4 is 0 Å². The molecule has 0 N–H and O–H groups in total. The fraction of sp³-hybridized carbons (Fsp3) is 0.333. The number of carbonyl (C=O) groups excluding carboxylic acids is 1. The molecule has 4 heteroatoms. The van der Waals surface area contributed by atoms with E-state index in [-0.39, 0.29) is 18.1 Å². The molecule has 2 atom stereocenters. The van der Waals surface area contributed by atoms with Gasteiger partial charge in [-0.2, -0.15) is 0 Å². The number of hydrogen-bond acceptors (Lipinski definition) is 4. The van der Waals surface area contributed by atoms with Crippen molar-refractivity contribution in [2.24, 2.45) is 4.99 Å². The number of benzene rings is 1. The molecule has 82 valence electrons. The van der Waals surface area contributed by atoms with E-state index in [2.05, 4.69) is 22.4 Å². The lowest BCUT2D eigenvalue weighted by Gasteiger charge is -2.15. The van der Waals surface area contributed by atoms with Crippen molar-refractivity contribution >= 4 is 23.3 Å². The lowest BCUT2D eigenvalue weighted by molar-refractivity contribution is -0.146. The van der Waals surface area contributed by atoms with Gasteiger partial charge >= 0.3 is 5.97 Å². The Morgan fingerprint density at radius 3 is 3.00 bits per heavy atom. The summed E-state index contributed by atoms with van der Waals surface area (Å²) in [4.78, 5) is 15.1.